The molecule has 0 aliphatic heterocycles. The molecule has 7 atom stereocenters. The van der Waals surface area contributed by atoms with E-state index in [9.17, 15) is 0 Å². The van der Waals surface area contributed by atoms with Gasteiger partial charge in [0.1, 0.15) is 0 Å². The first-order chi connectivity index (χ1) is 17.3. The third-order valence-corrected chi connectivity index (χ3v) is 15.2. The summed E-state index contributed by atoms with van der Waals surface area (Å²) in [5, 5.41) is 0. The summed E-state index contributed by atoms with van der Waals surface area (Å²) < 4.78 is 12.1. The van der Waals surface area contributed by atoms with Crippen molar-refractivity contribution in [3.05, 3.63) is 0 Å². The van der Waals surface area contributed by atoms with E-state index in [0.717, 1.165) is 34.9 Å². The van der Waals surface area contributed by atoms with E-state index < -0.39 is 0 Å². The number of ether oxygens (including phenoxy) is 2. The summed E-state index contributed by atoms with van der Waals surface area (Å²) in [7, 11) is 8.73. The Morgan fingerprint density at radius 1 is 0.639 bits per heavy atom. The molecule has 0 heterocycles. The van der Waals surface area contributed by atoms with E-state index in [1.807, 2.05) is 14.2 Å². The van der Waals surface area contributed by atoms with Gasteiger partial charge in [0.25, 0.3) is 0 Å². The van der Waals surface area contributed by atoms with Gasteiger partial charge in [-0.25, -0.2) is 0 Å². The minimum atomic E-state index is -0.00807. The van der Waals surface area contributed by atoms with Crippen LogP contribution in [-0.4, -0.2) is 68.4 Å². The lowest BCUT2D eigenvalue weighted by Gasteiger charge is -2.52. The van der Waals surface area contributed by atoms with Gasteiger partial charge in [-0.15, -0.1) is 0 Å². The van der Waals surface area contributed by atoms with E-state index in [1.165, 1.54) is 77.0 Å². The lowest BCUT2D eigenvalue weighted by molar-refractivity contribution is -0.00903. The van der Waals surface area contributed by atoms with Crippen molar-refractivity contribution in [3.8, 4) is 0 Å². The van der Waals surface area contributed by atoms with Crippen LogP contribution in [0, 0.1) is 35.5 Å². The molecule has 210 valence electrons. The van der Waals surface area contributed by atoms with Gasteiger partial charge in [0, 0.05) is 20.3 Å². The second-order valence-corrected chi connectivity index (χ2v) is 17.0. The van der Waals surface area contributed by atoms with Gasteiger partial charge in [-0.3, -0.25) is 0 Å². The van der Waals surface area contributed by atoms with Gasteiger partial charge in [-0.05, 0) is 118 Å². The molecule has 0 N–H and O–H groups in total. The van der Waals surface area contributed by atoms with Crippen LogP contribution in [0.15, 0.2) is 0 Å². The average Bonchev–Trinajstić information content (AvgIpc) is 3.28. The molecule has 5 unspecified atom stereocenters. The maximum Gasteiger partial charge on any atom is 0.0622 e. The maximum atomic E-state index is 6.03. The molecule has 4 aliphatic carbocycles. The highest BCUT2D eigenvalue weighted by molar-refractivity contribution is 7.60. The van der Waals surface area contributed by atoms with Crippen LogP contribution < -0.4 is 0 Å². The van der Waals surface area contributed by atoms with Gasteiger partial charge in [-0.2, -0.15) is 0 Å². The van der Waals surface area contributed by atoms with E-state index >= 15 is 0 Å². The van der Waals surface area contributed by atoms with E-state index in [1.54, 1.807) is 0 Å². The normalized spacial score (nSPS) is 44.6. The van der Waals surface area contributed by atoms with Gasteiger partial charge in [0.2, 0.25) is 0 Å². The molecule has 0 radical (unpaired) electrons. The van der Waals surface area contributed by atoms with Gasteiger partial charge in [-0.1, -0.05) is 61.3 Å². The highest BCUT2D eigenvalue weighted by Crippen LogP contribution is 2.66. The van der Waals surface area contributed by atoms with Crippen LogP contribution in [0.5, 0.6) is 0 Å². The van der Waals surface area contributed by atoms with E-state index in [0.29, 0.717) is 35.9 Å². The molecule has 4 heteroatoms. The molecule has 0 bridgehead atoms. The first-order valence-corrected chi connectivity index (χ1v) is 17.3. The fourth-order valence-electron chi connectivity index (χ4n) is 10.2. The van der Waals surface area contributed by atoms with Gasteiger partial charge >= 0.3 is 0 Å². The van der Waals surface area contributed by atoms with E-state index in [4.69, 9.17) is 9.47 Å². The van der Waals surface area contributed by atoms with Crippen molar-refractivity contribution in [1.82, 2.24) is 4.90 Å². The fourth-order valence-corrected chi connectivity index (χ4v) is 15.4. The summed E-state index contributed by atoms with van der Waals surface area (Å²) in [5.41, 5.74) is 2.83. The number of hydrogen-bond donors (Lipinski definition) is 0. The maximum absolute atomic E-state index is 6.03. The van der Waals surface area contributed by atoms with Crippen molar-refractivity contribution in [1.29, 1.82) is 0 Å². The standard InChI is InChI=1S/C32H60NO2P/c1-21-17-26(18-22(2)31(21)34-7)36(27-19-23(3)32(35-8)24(4)20-27)29-16-12-15-28(29)30(33(5)6)25-13-10-9-11-14-25/h21-32H,9-20H2,1-8H3/t21?,22?,23?,24?,26?,27?,28-,29+,30?,31?,32?,36?/m0/s1. The van der Waals surface area contributed by atoms with Crippen molar-refractivity contribution < 1.29 is 9.47 Å². The minimum Gasteiger partial charge on any atom is -0.381 e. The average molecular weight is 522 g/mol. The van der Waals surface area contributed by atoms with Crippen molar-refractivity contribution in [2.75, 3.05) is 28.3 Å². The van der Waals surface area contributed by atoms with E-state index in [-0.39, 0.29) is 7.92 Å². The Hall–Kier alpha value is 0.310. The molecule has 4 fully saturated rings. The molecular weight excluding hydrogens is 461 g/mol. The predicted molar refractivity (Wildman–Crippen MR) is 156 cm³/mol. The monoisotopic (exact) mass is 521 g/mol. The highest BCUT2D eigenvalue weighted by atomic mass is 31.1. The molecule has 0 aromatic rings. The Labute approximate surface area is 226 Å². The zero-order chi connectivity index (χ0) is 26.0. The largest absolute Gasteiger partial charge is 0.381 e. The van der Waals surface area contributed by atoms with Crippen LogP contribution in [0.1, 0.15) is 105 Å². The SMILES string of the molecule is COC1C(C)CC(P(C2CC(C)C(OC)C(C)C2)[C@@H]2CCC[C@@H]2C(C2CCCCC2)N(C)C)CC1C. The smallest absolute Gasteiger partial charge is 0.0622 e. The molecular formula is C32H60NO2P. The van der Waals surface area contributed by atoms with Crippen LogP contribution in [0.3, 0.4) is 0 Å². The van der Waals surface area contributed by atoms with Crippen molar-refractivity contribution in [3.63, 3.8) is 0 Å². The van der Waals surface area contributed by atoms with Crippen LogP contribution >= 0.6 is 7.92 Å². The summed E-state index contributed by atoms with van der Waals surface area (Å²) in [4.78, 5) is 2.69. The molecule has 4 saturated carbocycles. The summed E-state index contributed by atoms with van der Waals surface area (Å²) >= 11 is 0. The van der Waals surface area contributed by atoms with Crippen molar-refractivity contribution in [2.24, 2.45) is 35.5 Å². The molecule has 4 rings (SSSR count). The van der Waals surface area contributed by atoms with Crippen LogP contribution in [0.4, 0.5) is 0 Å². The third-order valence-electron chi connectivity index (χ3n) is 11.3. The molecule has 0 saturated heterocycles. The summed E-state index contributed by atoms with van der Waals surface area (Å²) in [6.07, 6.45) is 18.3. The number of nitrogens with zero attached hydrogens (tertiary/aromatic N) is 1. The summed E-state index contributed by atoms with van der Waals surface area (Å²) in [6, 6.07) is 0.804. The van der Waals surface area contributed by atoms with Gasteiger partial charge in [0.15, 0.2) is 0 Å². The molecule has 0 amide bonds. The van der Waals surface area contributed by atoms with Crippen molar-refractivity contribution in [2.45, 2.75) is 140 Å². The Balaban J connectivity index is 1.64. The molecule has 3 nitrogen and oxygen atoms in total. The topological polar surface area (TPSA) is 21.7 Å². The molecule has 0 aromatic carbocycles. The lowest BCUT2D eigenvalue weighted by atomic mass is 9.77. The van der Waals surface area contributed by atoms with Crippen LogP contribution in [-0.2, 0) is 9.47 Å². The Morgan fingerprint density at radius 3 is 1.53 bits per heavy atom. The van der Waals surface area contributed by atoms with Crippen molar-refractivity contribution >= 4 is 7.92 Å². The zero-order valence-electron chi connectivity index (χ0n) is 25.1. The molecule has 0 spiro atoms. The second kappa shape index (κ2) is 13.1. The minimum absolute atomic E-state index is 0.00807. The zero-order valence-corrected chi connectivity index (χ0v) is 26.0. The Morgan fingerprint density at radius 2 is 1.11 bits per heavy atom. The first kappa shape index (κ1) is 29.3. The second-order valence-electron chi connectivity index (χ2n) is 14.0. The number of methoxy groups -OCH3 is 2. The van der Waals surface area contributed by atoms with Gasteiger partial charge in [0.05, 0.1) is 12.2 Å². The molecule has 36 heavy (non-hydrogen) atoms. The third kappa shape index (κ3) is 6.21. The highest BCUT2D eigenvalue weighted by Gasteiger charge is 2.50. The van der Waals surface area contributed by atoms with E-state index in [2.05, 4.69) is 46.7 Å². The molecule has 4 aliphatic rings. The van der Waals surface area contributed by atoms with Crippen LogP contribution in [0.2, 0.25) is 0 Å². The Bertz CT molecular complexity index is 611. The molecule has 0 aromatic heterocycles. The first-order valence-electron chi connectivity index (χ1n) is 15.8. The predicted octanol–water partition coefficient (Wildman–Crippen LogP) is 8.05. The quantitative estimate of drug-likeness (QED) is 0.302. The summed E-state index contributed by atoms with van der Waals surface area (Å²) in [6.45, 7) is 9.98. The van der Waals surface area contributed by atoms with Gasteiger partial charge < -0.3 is 14.4 Å². The number of rotatable bonds is 8. The lowest BCUT2D eigenvalue weighted by Crippen LogP contribution is -2.47. The fraction of sp³-hybridized carbons (Fsp3) is 1.00. The summed E-state index contributed by atoms with van der Waals surface area (Å²) in [5.74, 6) is 4.64. The number of hydrogen-bond acceptors (Lipinski definition) is 3. The van der Waals surface area contributed by atoms with Crippen LogP contribution in [0.25, 0.3) is 0 Å². The Kier molecular flexibility index (Phi) is 10.7.